The van der Waals surface area contributed by atoms with Crippen molar-refractivity contribution >= 4 is 49.7 Å². The Morgan fingerprint density at radius 3 is 2.13 bits per heavy atom. The molecule has 1 aromatic heterocycles. The highest BCUT2D eigenvalue weighted by molar-refractivity contribution is 7.92. The van der Waals surface area contributed by atoms with E-state index in [4.69, 9.17) is 0 Å². The van der Waals surface area contributed by atoms with Gasteiger partial charge in [0.05, 0.1) is 9.77 Å². The van der Waals surface area contributed by atoms with Crippen LogP contribution in [-0.4, -0.2) is 67.5 Å². The van der Waals surface area contributed by atoms with Crippen LogP contribution in [0.2, 0.25) is 0 Å². The maximum atomic E-state index is 13.6. The molecular formula is C28H25N3O5S2. The number of nitrogens with one attached hydrogen (secondary N) is 1. The molecule has 0 spiro atoms. The highest BCUT2D eigenvalue weighted by Gasteiger charge is 2.39. The lowest BCUT2D eigenvalue weighted by molar-refractivity contribution is -0.132. The third kappa shape index (κ3) is 5.05. The van der Waals surface area contributed by atoms with Gasteiger partial charge in [0.25, 0.3) is 17.7 Å². The van der Waals surface area contributed by atoms with Crippen LogP contribution in [-0.2, 0) is 14.6 Å². The van der Waals surface area contributed by atoms with E-state index in [-0.39, 0.29) is 37.0 Å². The third-order valence-corrected chi connectivity index (χ3v) is 9.25. The third-order valence-electron chi connectivity index (χ3n) is 6.51. The molecule has 0 radical (unpaired) electrons. The van der Waals surface area contributed by atoms with Gasteiger partial charge in [-0.3, -0.25) is 14.4 Å². The number of piperazine rings is 1. The number of carbonyl (C=O) groups is 3. The van der Waals surface area contributed by atoms with Crippen LogP contribution < -0.4 is 5.32 Å². The van der Waals surface area contributed by atoms with Gasteiger partial charge in [-0.25, -0.2) is 8.42 Å². The summed E-state index contributed by atoms with van der Waals surface area (Å²) in [7, 11) is -4.23. The van der Waals surface area contributed by atoms with Crippen molar-refractivity contribution in [2.24, 2.45) is 0 Å². The molecule has 38 heavy (non-hydrogen) atoms. The topological polar surface area (TPSA) is 104 Å². The lowest BCUT2D eigenvalue weighted by Crippen LogP contribution is -2.57. The SMILES string of the molecule is O=C(N[C@@H](C(=O)N1CCN(C(=O)c2cccc3ccccc23)CC1)S(=O)(=O)c1ccccc1)c1cccs1. The molecule has 1 atom stereocenters. The first-order valence-corrected chi connectivity index (χ1v) is 14.5. The number of hydrogen-bond donors (Lipinski definition) is 1. The van der Waals surface area contributed by atoms with Gasteiger partial charge < -0.3 is 15.1 Å². The van der Waals surface area contributed by atoms with Gasteiger partial charge in [0.15, 0.2) is 0 Å². The molecule has 2 heterocycles. The Balaban J connectivity index is 1.35. The molecule has 1 aliphatic rings. The molecule has 1 fully saturated rings. The van der Waals surface area contributed by atoms with Crippen molar-refractivity contribution in [2.75, 3.05) is 26.2 Å². The van der Waals surface area contributed by atoms with Crippen LogP contribution in [0.15, 0.2) is 95.2 Å². The summed E-state index contributed by atoms with van der Waals surface area (Å²) in [4.78, 5) is 43.0. The largest absolute Gasteiger partial charge is 0.336 e. The molecule has 0 aliphatic carbocycles. The van der Waals surface area contributed by atoms with Gasteiger partial charge in [0.1, 0.15) is 0 Å². The molecule has 5 rings (SSSR count). The summed E-state index contributed by atoms with van der Waals surface area (Å²) in [5.41, 5.74) is 0.579. The van der Waals surface area contributed by atoms with Crippen molar-refractivity contribution in [3.05, 3.63) is 101 Å². The minimum absolute atomic E-state index is 0.0606. The standard InChI is InChI=1S/C28H25N3O5S2/c32-25(24-14-7-19-37-24)29-26(38(35,36)21-10-2-1-3-11-21)28(34)31-17-15-30(16-18-31)27(33)23-13-6-9-20-8-4-5-12-22(20)23/h1-14,19,26H,15-18H2,(H,29,32)/t26-/m1/s1. The summed E-state index contributed by atoms with van der Waals surface area (Å²) in [6.45, 7) is 0.769. The number of sulfone groups is 1. The average Bonchev–Trinajstić information content (AvgIpc) is 3.51. The molecule has 1 aliphatic heterocycles. The first-order chi connectivity index (χ1) is 18.4. The Morgan fingerprint density at radius 1 is 0.763 bits per heavy atom. The van der Waals surface area contributed by atoms with Crippen LogP contribution in [0.25, 0.3) is 10.8 Å². The van der Waals surface area contributed by atoms with Crippen LogP contribution in [0.5, 0.6) is 0 Å². The van der Waals surface area contributed by atoms with Crippen molar-refractivity contribution in [1.29, 1.82) is 0 Å². The highest BCUT2D eigenvalue weighted by Crippen LogP contribution is 2.22. The zero-order valence-corrected chi connectivity index (χ0v) is 22.0. The second-order valence-corrected chi connectivity index (χ2v) is 11.8. The molecule has 10 heteroatoms. The van der Waals surface area contributed by atoms with Gasteiger partial charge in [-0.15, -0.1) is 11.3 Å². The van der Waals surface area contributed by atoms with Crippen LogP contribution in [0.1, 0.15) is 20.0 Å². The van der Waals surface area contributed by atoms with E-state index in [0.717, 1.165) is 22.1 Å². The molecule has 0 saturated carbocycles. The molecule has 0 unspecified atom stereocenters. The van der Waals surface area contributed by atoms with Crippen molar-refractivity contribution < 1.29 is 22.8 Å². The Labute approximate surface area is 224 Å². The highest BCUT2D eigenvalue weighted by atomic mass is 32.2. The number of thiophene rings is 1. The number of rotatable bonds is 6. The lowest BCUT2D eigenvalue weighted by atomic mass is 10.0. The Morgan fingerprint density at radius 2 is 1.42 bits per heavy atom. The van der Waals surface area contributed by atoms with Crippen molar-refractivity contribution in [3.63, 3.8) is 0 Å². The number of amides is 3. The molecule has 194 valence electrons. The maximum absolute atomic E-state index is 13.6. The van der Waals surface area contributed by atoms with Crippen LogP contribution >= 0.6 is 11.3 Å². The number of fused-ring (bicyclic) bond motifs is 1. The Bertz CT molecular complexity index is 1570. The van der Waals surface area contributed by atoms with E-state index in [1.165, 1.54) is 17.0 Å². The van der Waals surface area contributed by atoms with E-state index in [9.17, 15) is 22.8 Å². The minimum atomic E-state index is -4.23. The fourth-order valence-electron chi connectivity index (χ4n) is 4.49. The van der Waals surface area contributed by atoms with Gasteiger partial charge in [0.2, 0.25) is 15.2 Å². The van der Waals surface area contributed by atoms with Gasteiger partial charge in [-0.2, -0.15) is 0 Å². The van der Waals surface area contributed by atoms with Crippen molar-refractivity contribution in [1.82, 2.24) is 15.1 Å². The molecule has 1 saturated heterocycles. The number of hydrogen-bond acceptors (Lipinski definition) is 6. The van der Waals surface area contributed by atoms with Crippen LogP contribution in [0, 0.1) is 0 Å². The second kappa shape index (κ2) is 10.8. The van der Waals surface area contributed by atoms with Crippen molar-refractivity contribution in [3.8, 4) is 0 Å². The quantitative estimate of drug-likeness (QED) is 0.399. The van der Waals surface area contributed by atoms with Gasteiger partial charge in [-0.05, 0) is 40.4 Å². The van der Waals surface area contributed by atoms with Crippen LogP contribution in [0.3, 0.4) is 0 Å². The fourth-order valence-corrected chi connectivity index (χ4v) is 6.61. The molecule has 3 amide bonds. The lowest BCUT2D eigenvalue weighted by Gasteiger charge is -2.36. The number of nitrogens with zero attached hydrogens (tertiary/aromatic N) is 2. The summed E-state index contributed by atoms with van der Waals surface area (Å²) < 4.78 is 27.0. The number of carbonyl (C=O) groups excluding carboxylic acids is 3. The summed E-state index contributed by atoms with van der Waals surface area (Å²) in [5, 5.41) is 4.16. The monoisotopic (exact) mass is 547 g/mol. The van der Waals surface area contributed by atoms with Gasteiger partial charge in [0, 0.05) is 31.7 Å². The normalized spacial score (nSPS) is 14.7. The summed E-state index contributed by atoms with van der Waals surface area (Å²) in [6.07, 6.45) is 0. The second-order valence-electron chi connectivity index (χ2n) is 8.83. The first-order valence-electron chi connectivity index (χ1n) is 12.1. The van der Waals surface area contributed by atoms with E-state index >= 15 is 0 Å². The Kier molecular flexibility index (Phi) is 7.26. The van der Waals surface area contributed by atoms with Gasteiger partial charge in [-0.1, -0.05) is 60.7 Å². The fraction of sp³-hybridized carbons (Fsp3) is 0.179. The van der Waals surface area contributed by atoms with Gasteiger partial charge >= 0.3 is 0 Å². The molecule has 4 aromatic rings. The smallest absolute Gasteiger partial charge is 0.262 e. The number of benzene rings is 3. The van der Waals surface area contributed by atoms with Crippen LogP contribution in [0.4, 0.5) is 0 Å². The predicted molar refractivity (Wildman–Crippen MR) is 146 cm³/mol. The van der Waals surface area contributed by atoms with E-state index in [1.54, 1.807) is 46.7 Å². The summed E-state index contributed by atoms with van der Waals surface area (Å²) in [5.74, 6) is -1.51. The van der Waals surface area contributed by atoms with E-state index in [1.807, 2.05) is 36.4 Å². The molecule has 1 N–H and O–H groups in total. The molecular weight excluding hydrogens is 522 g/mol. The predicted octanol–water partition coefficient (Wildman–Crippen LogP) is 3.42. The first kappa shape index (κ1) is 25.6. The average molecular weight is 548 g/mol. The molecule has 8 nitrogen and oxygen atoms in total. The summed E-state index contributed by atoms with van der Waals surface area (Å²) >= 11 is 1.15. The van der Waals surface area contributed by atoms with E-state index in [0.29, 0.717) is 10.4 Å². The molecule has 0 bridgehead atoms. The maximum Gasteiger partial charge on any atom is 0.262 e. The zero-order chi connectivity index (χ0) is 26.7. The minimum Gasteiger partial charge on any atom is -0.336 e. The van der Waals surface area contributed by atoms with E-state index < -0.39 is 27.0 Å². The zero-order valence-electron chi connectivity index (χ0n) is 20.3. The molecule has 3 aromatic carbocycles. The van der Waals surface area contributed by atoms with Crippen molar-refractivity contribution in [2.45, 2.75) is 10.3 Å². The Hall–Kier alpha value is -4.02. The van der Waals surface area contributed by atoms with E-state index in [2.05, 4.69) is 5.32 Å². The summed E-state index contributed by atoms with van der Waals surface area (Å²) in [6, 6.07) is 24.0.